The minimum Gasteiger partial charge on any atom is -0.329 e. The van der Waals surface area contributed by atoms with Crippen LogP contribution in [0.2, 0.25) is 0 Å². The molecule has 4 heteroatoms. The molecule has 1 saturated heterocycles. The third kappa shape index (κ3) is 3.77. The molecule has 0 aliphatic carbocycles. The number of nitrogens with two attached hydrogens (primary N) is 1. The smallest absolute Gasteiger partial charge is 0.127 e. The maximum Gasteiger partial charge on any atom is 0.127 e. The average Bonchev–Trinajstić information content (AvgIpc) is 2.59. The zero-order valence-corrected chi connectivity index (χ0v) is 10.8. The lowest BCUT2D eigenvalue weighted by atomic mass is 10.2. The van der Waals surface area contributed by atoms with Gasteiger partial charge in [0, 0.05) is 38.3 Å². The number of halogens is 1. The monoisotopic (exact) mass is 251 g/mol. The van der Waals surface area contributed by atoms with Crippen molar-refractivity contribution in [2.75, 3.05) is 39.3 Å². The normalized spacial score (nSPS) is 18.8. The van der Waals surface area contributed by atoms with E-state index in [0.717, 1.165) is 44.7 Å². The summed E-state index contributed by atoms with van der Waals surface area (Å²) >= 11 is 0. The fourth-order valence-corrected chi connectivity index (χ4v) is 2.46. The topological polar surface area (TPSA) is 32.5 Å². The van der Waals surface area contributed by atoms with Crippen molar-refractivity contribution in [3.05, 3.63) is 35.6 Å². The van der Waals surface area contributed by atoms with Gasteiger partial charge in [-0.2, -0.15) is 0 Å². The van der Waals surface area contributed by atoms with Crippen LogP contribution >= 0.6 is 0 Å². The van der Waals surface area contributed by atoms with E-state index in [1.165, 1.54) is 6.07 Å². The first-order valence-electron chi connectivity index (χ1n) is 6.68. The summed E-state index contributed by atoms with van der Waals surface area (Å²) in [5.74, 6) is -0.0967. The molecular weight excluding hydrogens is 229 g/mol. The molecule has 0 aromatic heterocycles. The van der Waals surface area contributed by atoms with Crippen LogP contribution in [-0.2, 0) is 6.54 Å². The molecule has 1 aromatic carbocycles. The molecule has 1 heterocycles. The highest BCUT2D eigenvalue weighted by atomic mass is 19.1. The van der Waals surface area contributed by atoms with Gasteiger partial charge in [-0.1, -0.05) is 18.2 Å². The van der Waals surface area contributed by atoms with Gasteiger partial charge in [-0.25, -0.2) is 4.39 Å². The highest BCUT2D eigenvalue weighted by Crippen LogP contribution is 2.12. The number of hydrogen-bond acceptors (Lipinski definition) is 3. The molecule has 2 rings (SSSR count). The predicted molar refractivity (Wildman–Crippen MR) is 71.8 cm³/mol. The summed E-state index contributed by atoms with van der Waals surface area (Å²) in [7, 11) is 0. The highest BCUT2D eigenvalue weighted by molar-refractivity contribution is 5.17. The minimum absolute atomic E-state index is 0.0967. The Hall–Kier alpha value is -0.970. The molecule has 1 fully saturated rings. The largest absolute Gasteiger partial charge is 0.329 e. The fourth-order valence-electron chi connectivity index (χ4n) is 2.46. The minimum atomic E-state index is -0.0967. The molecule has 0 amide bonds. The van der Waals surface area contributed by atoms with E-state index >= 15 is 0 Å². The molecule has 18 heavy (non-hydrogen) atoms. The van der Waals surface area contributed by atoms with E-state index in [9.17, 15) is 4.39 Å². The molecule has 0 unspecified atom stereocenters. The summed E-state index contributed by atoms with van der Waals surface area (Å²) in [4.78, 5) is 4.72. The number of nitrogens with zero attached hydrogens (tertiary/aromatic N) is 2. The SMILES string of the molecule is NCCN1CCCN(Cc2ccccc2F)CC1. The van der Waals surface area contributed by atoms with Gasteiger partial charge in [0.25, 0.3) is 0 Å². The first-order chi connectivity index (χ1) is 8.79. The third-order valence-corrected chi connectivity index (χ3v) is 3.48. The van der Waals surface area contributed by atoms with Gasteiger partial charge < -0.3 is 10.6 Å². The van der Waals surface area contributed by atoms with Crippen LogP contribution in [-0.4, -0.2) is 49.1 Å². The zero-order valence-electron chi connectivity index (χ0n) is 10.8. The molecular formula is C14H22FN3. The van der Waals surface area contributed by atoms with Crippen molar-refractivity contribution in [1.82, 2.24) is 9.80 Å². The van der Waals surface area contributed by atoms with Crippen molar-refractivity contribution in [1.29, 1.82) is 0 Å². The summed E-state index contributed by atoms with van der Waals surface area (Å²) in [6, 6.07) is 7.05. The molecule has 0 spiro atoms. The molecule has 0 saturated carbocycles. The molecule has 100 valence electrons. The Morgan fingerprint density at radius 2 is 1.78 bits per heavy atom. The fraction of sp³-hybridized carbons (Fsp3) is 0.571. The molecule has 1 aliphatic rings. The van der Waals surface area contributed by atoms with Crippen molar-refractivity contribution in [3.63, 3.8) is 0 Å². The molecule has 1 aliphatic heterocycles. The maximum absolute atomic E-state index is 13.6. The van der Waals surface area contributed by atoms with Gasteiger partial charge in [0.2, 0.25) is 0 Å². The van der Waals surface area contributed by atoms with Crippen LogP contribution in [0.4, 0.5) is 4.39 Å². The first-order valence-corrected chi connectivity index (χ1v) is 6.68. The summed E-state index contributed by atoms with van der Waals surface area (Å²) < 4.78 is 13.6. The Bertz CT molecular complexity index is 370. The number of hydrogen-bond donors (Lipinski definition) is 1. The lowest BCUT2D eigenvalue weighted by Gasteiger charge is -2.21. The van der Waals surface area contributed by atoms with Gasteiger partial charge in [-0.15, -0.1) is 0 Å². The van der Waals surface area contributed by atoms with E-state index in [1.54, 1.807) is 6.07 Å². The Morgan fingerprint density at radius 3 is 2.56 bits per heavy atom. The van der Waals surface area contributed by atoms with Crippen LogP contribution in [0.25, 0.3) is 0 Å². The van der Waals surface area contributed by atoms with Gasteiger partial charge in [0.15, 0.2) is 0 Å². The Balaban J connectivity index is 1.89. The van der Waals surface area contributed by atoms with E-state index in [-0.39, 0.29) is 5.82 Å². The summed E-state index contributed by atoms with van der Waals surface area (Å²) in [5.41, 5.74) is 6.38. The quantitative estimate of drug-likeness (QED) is 0.875. The van der Waals surface area contributed by atoms with Gasteiger partial charge in [0.1, 0.15) is 5.82 Å². The Labute approximate surface area is 108 Å². The molecule has 2 N–H and O–H groups in total. The third-order valence-electron chi connectivity index (χ3n) is 3.48. The Kier molecular flexibility index (Phi) is 5.11. The second-order valence-electron chi connectivity index (χ2n) is 4.85. The Morgan fingerprint density at radius 1 is 1.06 bits per heavy atom. The lowest BCUT2D eigenvalue weighted by molar-refractivity contribution is 0.252. The van der Waals surface area contributed by atoms with Crippen molar-refractivity contribution in [2.45, 2.75) is 13.0 Å². The second kappa shape index (κ2) is 6.83. The molecule has 0 atom stereocenters. The van der Waals surface area contributed by atoms with Crippen molar-refractivity contribution >= 4 is 0 Å². The van der Waals surface area contributed by atoms with Gasteiger partial charge in [0.05, 0.1) is 0 Å². The molecule has 1 aromatic rings. The van der Waals surface area contributed by atoms with Gasteiger partial charge in [-0.3, -0.25) is 4.90 Å². The highest BCUT2D eigenvalue weighted by Gasteiger charge is 2.15. The van der Waals surface area contributed by atoms with Gasteiger partial charge >= 0.3 is 0 Å². The first kappa shape index (κ1) is 13.5. The van der Waals surface area contributed by atoms with E-state index in [2.05, 4.69) is 9.80 Å². The van der Waals surface area contributed by atoms with Crippen molar-refractivity contribution in [3.8, 4) is 0 Å². The van der Waals surface area contributed by atoms with Crippen LogP contribution in [0.1, 0.15) is 12.0 Å². The van der Waals surface area contributed by atoms with E-state index in [1.807, 2.05) is 12.1 Å². The lowest BCUT2D eigenvalue weighted by Crippen LogP contribution is -2.33. The van der Waals surface area contributed by atoms with Crippen LogP contribution in [0.5, 0.6) is 0 Å². The summed E-state index contributed by atoms with van der Waals surface area (Å²) in [6.45, 7) is 6.56. The van der Waals surface area contributed by atoms with Crippen LogP contribution in [0.15, 0.2) is 24.3 Å². The number of rotatable bonds is 4. The second-order valence-corrected chi connectivity index (χ2v) is 4.85. The maximum atomic E-state index is 13.6. The van der Waals surface area contributed by atoms with Crippen LogP contribution in [0.3, 0.4) is 0 Å². The van der Waals surface area contributed by atoms with Crippen molar-refractivity contribution < 1.29 is 4.39 Å². The summed E-state index contributed by atoms with van der Waals surface area (Å²) in [6.07, 6.45) is 1.13. The van der Waals surface area contributed by atoms with Crippen LogP contribution in [0, 0.1) is 5.82 Å². The average molecular weight is 251 g/mol. The predicted octanol–water partition coefficient (Wildman–Crippen LogP) is 1.29. The van der Waals surface area contributed by atoms with Crippen LogP contribution < -0.4 is 5.73 Å². The van der Waals surface area contributed by atoms with Crippen molar-refractivity contribution in [2.24, 2.45) is 5.73 Å². The molecule has 3 nitrogen and oxygen atoms in total. The molecule has 0 bridgehead atoms. The zero-order chi connectivity index (χ0) is 12.8. The standard InChI is InChI=1S/C14H22FN3/c15-14-5-2-1-4-13(14)12-18-8-3-7-17(9-6-16)10-11-18/h1-2,4-5H,3,6-12,16H2. The van der Waals surface area contributed by atoms with Gasteiger partial charge in [-0.05, 0) is 25.6 Å². The molecule has 0 radical (unpaired) electrons. The van der Waals surface area contributed by atoms with E-state index in [4.69, 9.17) is 5.73 Å². The van der Waals surface area contributed by atoms with E-state index < -0.39 is 0 Å². The van der Waals surface area contributed by atoms with E-state index in [0.29, 0.717) is 13.1 Å². The summed E-state index contributed by atoms with van der Waals surface area (Å²) in [5, 5.41) is 0. The number of benzene rings is 1.